The minimum absolute atomic E-state index is 0.485. The summed E-state index contributed by atoms with van der Waals surface area (Å²) in [5.41, 5.74) is 0.485. The molecule has 0 N–H and O–H groups in total. The monoisotopic (exact) mass is 169 g/mol. The van der Waals surface area contributed by atoms with Gasteiger partial charge in [-0.15, -0.1) is 0 Å². The smallest absolute Gasteiger partial charge is 0.0178 e. The van der Waals surface area contributed by atoms with Crippen LogP contribution in [-0.4, -0.2) is 24.5 Å². The van der Waals surface area contributed by atoms with Gasteiger partial charge in [0.05, 0.1) is 0 Å². The third-order valence-corrected chi connectivity index (χ3v) is 3.71. The summed E-state index contributed by atoms with van der Waals surface area (Å²) in [5.74, 6) is 0.978. The molecule has 0 aromatic rings. The first-order valence-corrected chi connectivity index (χ1v) is 5.26. The maximum Gasteiger partial charge on any atom is 0.0178 e. The average molecular weight is 169 g/mol. The average Bonchev–Trinajstić information content (AvgIpc) is 2.04. The molecule has 1 nitrogen and oxygen atoms in total. The van der Waals surface area contributed by atoms with Crippen LogP contribution in [0.2, 0.25) is 0 Å². The van der Waals surface area contributed by atoms with Gasteiger partial charge in [0.1, 0.15) is 0 Å². The summed E-state index contributed by atoms with van der Waals surface area (Å²) in [5, 5.41) is 0. The zero-order valence-electron chi connectivity index (χ0n) is 9.06. The Morgan fingerprint density at radius 1 is 1.42 bits per heavy atom. The van der Waals surface area contributed by atoms with E-state index >= 15 is 0 Å². The summed E-state index contributed by atoms with van der Waals surface area (Å²) in [6.45, 7) is 4.74. The fourth-order valence-electron chi connectivity index (χ4n) is 2.35. The second kappa shape index (κ2) is 3.78. The molecule has 1 aliphatic rings. The molecule has 0 spiro atoms. The van der Waals surface area contributed by atoms with Gasteiger partial charge in [-0.05, 0) is 39.8 Å². The number of nitrogens with zero attached hydrogens (tertiary/aromatic N) is 1. The lowest BCUT2D eigenvalue weighted by Crippen LogP contribution is -2.45. The van der Waals surface area contributed by atoms with Crippen molar-refractivity contribution in [1.82, 2.24) is 4.90 Å². The lowest BCUT2D eigenvalue weighted by atomic mass is 9.75. The van der Waals surface area contributed by atoms with Crippen molar-refractivity contribution in [3.05, 3.63) is 0 Å². The van der Waals surface area contributed by atoms with Crippen molar-refractivity contribution in [2.75, 3.05) is 14.1 Å². The summed E-state index contributed by atoms with van der Waals surface area (Å²) < 4.78 is 0. The maximum absolute atomic E-state index is 2.41. The molecule has 2 unspecified atom stereocenters. The van der Waals surface area contributed by atoms with Gasteiger partial charge in [-0.1, -0.05) is 26.2 Å². The maximum atomic E-state index is 2.41. The van der Waals surface area contributed by atoms with E-state index in [2.05, 4.69) is 32.8 Å². The first-order valence-electron chi connectivity index (χ1n) is 5.26. The van der Waals surface area contributed by atoms with Crippen molar-refractivity contribution < 1.29 is 0 Å². The molecule has 72 valence electrons. The van der Waals surface area contributed by atoms with Crippen LogP contribution < -0.4 is 0 Å². The molecule has 12 heavy (non-hydrogen) atoms. The quantitative estimate of drug-likeness (QED) is 0.614. The van der Waals surface area contributed by atoms with Gasteiger partial charge in [-0.3, -0.25) is 0 Å². The highest BCUT2D eigenvalue weighted by Gasteiger charge is 2.32. The molecule has 0 amide bonds. The summed E-state index contributed by atoms with van der Waals surface area (Å²) in [4.78, 5) is 2.41. The van der Waals surface area contributed by atoms with Crippen LogP contribution in [0, 0.1) is 5.92 Å². The third-order valence-electron chi connectivity index (χ3n) is 3.71. The van der Waals surface area contributed by atoms with Crippen molar-refractivity contribution in [2.24, 2.45) is 5.92 Å². The molecule has 0 aliphatic heterocycles. The van der Waals surface area contributed by atoms with E-state index in [1.807, 2.05) is 0 Å². The number of hydrogen-bond donors (Lipinski definition) is 0. The standard InChI is InChI=1S/C11H23N/c1-5-10-7-6-8-11(2,9-10)12(3)4/h10H,5-9H2,1-4H3. The van der Waals surface area contributed by atoms with Crippen molar-refractivity contribution in [2.45, 2.75) is 51.5 Å². The number of rotatable bonds is 2. The van der Waals surface area contributed by atoms with Crippen molar-refractivity contribution in [3.63, 3.8) is 0 Å². The van der Waals surface area contributed by atoms with E-state index < -0.39 is 0 Å². The predicted octanol–water partition coefficient (Wildman–Crippen LogP) is 2.91. The molecule has 1 rings (SSSR count). The molecule has 1 aliphatic carbocycles. The van der Waals surface area contributed by atoms with Crippen LogP contribution in [0.1, 0.15) is 46.0 Å². The van der Waals surface area contributed by atoms with Crippen LogP contribution in [0.15, 0.2) is 0 Å². The minimum Gasteiger partial charge on any atom is -0.304 e. The Bertz CT molecular complexity index is 142. The van der Waals surface area contributed by atoms with E-state index in [4.69, 9.17) is 0 Å². The highest BCUT2D eigenvalue weighted by Crippen LogP contribution is 2.36. The van der Waals surface area contributed by atoms with E-state index in [-0.39, 0.29) is 0 Å². The summed E-state index contributed by atoms with van der Waals surface area (Å²) in [6, 6.07) is 0. The van der Waals surface area contributed by atoms with Gasteiger partial charge in [-0.25, -0.2) is 0 Å². The Kier molecular flexibility index (Phi) is 3.16. The van der Waals surface area contributed by atoms with Gasteiger partial charge in [0.15, 0.2) is 0 Å². The second-order valence-electron chi connectivity index (χ2n) is 4.76. The zero-order chi connectivity index (χ0) is 9.19. The molecule has 0 aromatic carbocycles. The van der Waals surface area contributed by atoms with Crippen LogP contribution >= 0.6 is 0 Å². The van der Waals surface area contributed by atoms with Crippen molar-refractivity contribution in [1.29, 1.82) is 0 Å². The van der Waals surface area contributed by atoms with Gasteiger partial charge in [0.2, 0.25) is 0 Å². The fraction of sp³-hybridized carbons (Fsp3) is 1.00. The van der Waals surface area contributed by atoms with Crippen LogP contribution in [0.5, 0.6) is 0 Å². The van der Waals surface area contributed by atoms with E-state index in [0.29, 0.717) is 5.54 Å². The van der Waals surface area contributed by atoms with Crippen LogP contribution in [-0.2, 0) is 0 Å². The Labute approximate surface area is 77.1 Å². The molecule has 0 saturated heterocycles. The second-order valence-corrected chi connectivity index (χ2v) is 4.76. The van der Waals surface area contributed by atoms with Gasteiger partial charge >= 0.3 is 0 Å². The molecule has 1 saturated carbocycles. The highest BCUT2D eigenvalue weighted by atomic mass is 15.1. The summed E-state index contributed by atoms with van der Waals surface area (Å²) in [7, 11) is 4.44. The topological polar surface area (TPSA) is 3.24 Å². The minimum atomic E-state index is 0.485. The first-order chi connectivity index (χ1) is 5.58. The van der Waals surface area contributed by atoms with E-state index in [9.17, 15) is 0 Å². The molecular formula is C11H23N. The molecule has 0 bridgehead atoms. The van der Waals surface area contributed by atoms with Crippen LogP contribution in [0.25, 0.3) is 0 Å². The Hall–Kier alpha value is -0.0400. The van der Waals surface area contributed by atoms with Gasteiger partial charge in [0, 0.05) is 5.54 Å². The lowest BCUT2D eigenvalue weighted by molar-refractivity contribution is 0.0877. The Morgan fingerprint density at radius 2 is 2.08 bits per heavy atom. The summed E-state index contributed by atoms with van der Waals surface area (Å²) in [6.07, 6.45) is 7.03. The SMILES string of the molecule is CCC1CCCC(C)(N(C)C)C1. The van der Waals surface area contributed by atoms with Crippen LogP contribution in [0.3, 0.4) is 0 Å². The largest absolute Gasteiger partial charge is 0.304 e. The van der Waals surface area contributed by atoms with E-state index in [0.717, 1.165) is 5.92 Å². The predicted molar refractivity (Wildman–Crippen MR) is 54.3 cm³/mol. The van der Waals surface area contributed by atoms with E-state index in [1.165, 1.54) is 32.1 Å². The van der Waals surface area contributed by atoms with E-state index in [1.54, 1.807) is 0 Å². The molecule has 0 aromatic heterocycles. The Morgan fingerprint density at radius 3 is 2.58 bits per heavy atom. The molecule has 1 heteroatoms. The Balaban J connectivity index is 2.54. The lowest BCUT2D eigenvalue weighted by Gasteiger charge is -2.43. The normalized spacial score (nSPS) is 37.2. The molecule has 0 heterocycles. The molecule has 1 fully saturated rings. The highest BCUT2D eigenvalue weighted by molar-refractivity contribution is 4.89. The molecular weight excluding hydrogens is 146 g/mol. The van der Waals surface area contributed by atoms with Crippen LogP contribution in [0.4, 0.5) is 0 Å². The zero-order valence-corrected chi connectivity index (χ0v) is 9.06. The third kappa shape index (κ3) is 2.01. The summed E-state index contributed by atoms with van der Waals surface area (Å²) >= 11 is 0. The van der Waals surface area contributed by atoms with Crippen molar-refractivity contribution in [3.8, 4) is 0 Å². The first kappa shape index (κ1) is 10.0. The van der Waals surface area contributed by atoms with Gasteiger partial charge in [0.25, 0.3) is 0 Å². The van der Waals surface area contributed by atoms with Crippen molar-refractivity contribution >= 4 is 0 Å². The van der Waals surface area contributed by atoms with Gasteiger partial charge < -0.3 is 4.90 Å². The number of hydrogen-bond acceptors (Lipinski definition) is 1. The fourth-order valence-corrected chi connectivity index (χ4v) is 2.35. The van der Waals surface area contributed by atoms with Gasteiger partial charge in [-0.2, -0.15) is 0 Å². The molecule has 2 atom stereocenters. The molecule has 0 radical (unpaired) electrons.